The number of nitrogens with one attached hydrogen (secondary N) is 1. The first-order chi connectivity index (χ1) is 9.63. The van der Waals surface area contributed by atoms with Gasteiger partial charge in [0.25, 0.3) is 5.24 Å². The first kappa shape index (κ1) is 13.9. The molecule has 2 amide bonds. The summed E-state index contributed by atoms with van der Waals surface area (Å²) in [6, 6.07) is -0.328. The van der Waals surface area contributed by atoms with Crippen LogP contribution in [0.4, 0.5) is 4.79 Å². The molecule has 1 aromatic rings. The van der Waals surface area contributed by atoms with E-state index in [0.717, 1.165) is 31.6 Å². The predicted octanol–water partition coefficient (Wildman–Crippen LogP) is 1.98. The molecule has 1 N–H and O–H groups in total. The Hall–Kier alpha value is -1.08. The van der Waals surface area contributed by atoms with Crippen molar-refractivity contribution >= 4 is 34.2 Å². The topological polar surface area (TPSA) is 62.3 Å². The van der Waals surface area contributed by atoms with Crippen molar-refractivity contribution in [3.63, 3.8) is 0 Å². The molecule has 3 heterocycles. The fourth-order valence-corrected chi connectivity index (χ4v) is 4.38. The van der Waals surface area contributed by atoms with E-state index in [4.69, 9.17) is 0 Å². The molecule has 5 nitrogen and oxygen atoms in total. The Morgan fingerprint density at radius 3 is 2.75 bits per heavy atom. The Kier molecular flexibility index (Phi) is 3.98. The third kappa shape index (κ3) is 2.83. The van der Waals surface area contributed by atoms with Crippen molar-refractivity contribution in [2.24, 2.45) is 0 Å². The minimum absolute atomic E-state index is 0.0668. The largest absolute Gasteiger partial charge is 0.341 e. The number of aryl methyl sites for hydroxylation is 1. The highest BCUT2D eigenvalue weighted by atomic mass is 32.2. The van der Waals surface area contributed by atoms with Gasteiger partial charge >= 0.3 is 0 Å². The lowest BCUT2D eigenvalue weighted by atomic mass is 9.97. The zero-order valence-electron chi connectivity index (χ0n) is 11.3. The summed E-state index contributed by atoms with van der Waals surface area (Å²) in [7, 11) is 0. The van der Waals surface area contributed by atoms with Gasteiger partial charge in [0.05, 0.1) is 5.01 Å². The molecule has 0 saturated carbocycles. The van der Waals surface area contributed by atoms with Gasteiger partial charge in [-0.2, -0.15) is 0 Å². The van der Waals surface area contributed by atoms with Crippen molar-refractivity contribution in [2.75, 3.05) is 18.8 Å². The van der Waals surface area contributed by atoms with E-state index in [-0.39, 0.29) is 17.2 Å². The second-order valence-corrected chi connectivity index (χ2v) is 7.10. The number of nitrogens with zero attached hydrogens (tertiary/aromatic N) is 2. The lowest BCUT2D eigenvalue weighted by Crippen LogP contribution is -2.48. The summed E-state index contributed by atoms with van der Waals surface area (Å²) in [5.74, 6) is 1.10. The molecule has 20 heavy (non-hydrogen) atoms. The molecule has 0 aromatic carbocycles. The van der Waals surface area contributed by atoms with E-state index in [1.807, 2.05) is 11.8 Å². The number of carbonyl (C=O) groups is 2. The number of likely N-dealkylation sites (tertiary alicyclic amines) is 1. The molecule has 2 aliphatic rings. The van der Waals surface area contributed by atoms with E-state index in [2.05, 4.69) is 15.7 Å². The zero-order chi connectivity index (χ0) is 14.1. The van der Waals surface area contributed by atoms with E-state index in [1.54, 1.807) is 11.3 Å². The quantitative estimate of drug-likeness (QED) is 0.907. The number of rotatable bonds is 2. The molecular weight excluding hydrogens is 294 g/mol. The number of amides is 2. The predicted molar refractivity (Wildman–Crippen MR) is 80.2 cm³/mol. The summed E-state index contributed by atoms with van der Waals surface area (Å²) < 4.78 is 0. The number of thioether (sulfide) groups is 1. The lowest BCUT2D eigenvalue weighted by Gasteiger charge is -2.32. The van der Waals surface area contributed by atoms with Gasteiger partial charge in [-0.25, -0.2) is 4.98 Å². The van der Waals surface area contributed by atoms with Crippen molar-refractivity contribution in [3.05, 3.63) is 16.1 Å². The van der Waals surface area contributed by atoms with Crippen molar-refractivity contribution < 1.29 is 9.59 Å². The van der Waals surface area contributed by atoms with Crippen molar-refractivity contribution in [2.45, 2.75) is 31.7 Å². The van der Waals surface area contributed by atoms with E-state index in [1.165, 1.54) is 16.8 Å². The summed E-state index contributed by atoms with van der Waals surface area (Å²) >= 11 is 2.91. The molecule has 2 fully saturated rings. The van der Waals surface area contributed by atoms with E-state index >= 15 is 0 Å². The monoisotopic (exact) mass is 311 g/mol. The zero-order valence-corrected chi connectivity index (χ0v) is 12.9. The van der Waals surface area contributed by atoms with Gasteiger partial charge in [0.15, 0.2) is 0 Å². The fraction of sp³-hybridized carbons (Fsp3) is 0.615. The van der Waals surface area contributed by atoms with Crippen molar-refractivity contribution in [1.29, 1.82) is 0 Å². The molecule has 2 saturated heterocycles. The molecule has 0 spiro atoms. The molecule has 3 rings (SSSR count). The lowest BCUT2D eigenvalue weighted by molar-refractivity contribution is -0.133. The van der Waals surface area contributed by atoms with Crippen LogP contribution in [0.15, 0.2) is 5.38 Å². The second kappa shape index (κ2) is 5.73. The van der Waals surface area contributed by atoms with Gasteiger partial charge < -0.3 is 10.2 Å². The third-order valence-corrected chi connectivity index (χ3v) is 5.77. The highest BCUT2D eigenvalue weighted by Gasteiger charge is 2.33. The van der Waals surface area contributed by atoms with E-state index in [0.29, 0.717) is 11.7 Å². The van der Waals surface area contributed by atoms with Crippen molar-refractivity contribution in [1.82, 2.24) is 15.2 Å². The third-order valence-electron chi connectivity index (χ3n) is 3.76. The van der Waals surface area contributed by atoms with Gasteiger partial charge in [-0.3, -0.25) is 9.59 Å². The van der Waals surface area contributed by atoms with Crippen LogP contribution in [0.3, 0.4) is 0 Å². The van der Waals surface area contributed by atoms with Gasteiger partial charge in [-0.05, 0) is 19.8 Å². The van der Waals surface area contributed by atoms with Crippen LogP contribution in [0.1, 0.15) is 29.5 Å². The number of carbonyl (C=O) groups excluding carboxylic acids is 2. The average Bonchev–Trinajstić information content (AvgIpc) is 3.07. The Morgan fingerprint density at radius 2 is 2.20 bits per heavy atom. The number of aromatic nitrogens is 1. The minimum Gasteiger partial charge on any atom is -0.341 e. The summed E-state index contributed by atoms with van der Waals surface area (Å²) in [4.78, 5) is 29.9. The van der Waals surface area contributed by atoms with E-state index < -0.39 is 0 Å². The van der Waals surface area contributed by atoms with Crippen molar-refractivity contribution in [3.8, 4) is 0 Å². The first-order valence-corrected chi connectivity index (χ1v) is 8.64. The second-order valence-electron chi connectivity index (χ2n) is 5.22. The Bertz CT molecular complexity index is 523. The number of hydrogen-bond donors (Lipinski definition) is 1. The van der Waals surface area contributed by atoms with Gasteiger partial charge in [-0.1, -0.05) is 11.8 Å². The highest BCUT2D eigenvalue weighted by Crippen LogP contribution is 2.30. The highest BCUT2D eigenvalue weighted by molar-refractivity contribution is 8.14. The van der Waals surface area contributed by atoms with E-state index in [9.17, 15) is 9.59 Å². The molecule has 0 radical (unpaired) electrons. The Morgan fingerprint density at radius 1 is 1.45 bits per heavy atom. The Balaban J connectivity index is 1.55. The fourth-order valence-electron chi connectivity index (χ4n) is 2.64. The van der Waals surface area contributed by atoms with Crippen LogP contribution in [0.25, 0.3) is 0 Å². The summed E-state index contributed by atoms with van der Waals surface area (Å²) in [5.41, 5.74) is 1.08. The number of piperidine rings is 1. The van der Waals surface area contributed by atoms with Crippen LogP contribution in [-0.4, -0.2) is 45.9 Å². The molecule has 2 aliphatic heterocycles. The Labute approximate surface area is 126 Å². The smallest absolute Gasteiger partial charge is 0.279 e. The van der Waals surface area contributed by atoms with Crippen LogP contribution >= 0.6 is 23.1 Å². The number of thiazole rings is 1. The maximum absolute atomic E-state index is 12.3. The SMILES string of the molecule is Cc1csc(C2CCN(C(=O)[C@H]3CSC(=O)N3)CC2)n1. The molecule has 1 atom stereocenters. The van der Waals surface area contributed by atoms with Gasteiger partial charge in [-0.15, -0.1) is 11.3 Å². The minimum atomic E-state index is -0.328. The average molecular weight is 311 g/mol. The normalized spacial score (nSPS) is 23.9. The van der Waals surface area contributed by atoms with Crippen LogP contribution in [0.2, 0.25) is 0 Å². The molecule has 1 aromatic heterocycles. The standard InChI is InChI=1S/C13H17N3O2S2/c1-8-6-19-11(14-8)9-2-4-16(5-3-9)12(17)10-7-20-13(18)15-10/h6,9-10H,2-5,7H2,1H3,(H,15,18)/t10-/m1/s1. The van der Waals surface area contributed by atoms with Gasteiger partial charge in [0.1, 0.15) is 6.04 Å². The van der Waals surface area contributed by atoms with Crippen LogP contribution in [-0.2, 0) is 4.79 Å². The number of hydrogen-bond acceptors (Lipinski definition) is 5. The molecule has 0 aliphatic carbocycles. The summed E-state index contributed by atoms with van der Waals surface area (Å²) in [6.45, 7) is 3.54. The first-order valence-electron chi connectivity index (χ1n) is 6.77. The molecule has 7 heteroatoms. The maximum Gasteiger partial charge on any atom is 0.279 e. The molecule has 0 unspecified atom stereocenters. The van der Waals surface area contributed by atoms with Crippen LogP contribution in [0.5, 0.6) is 0 Å². The molecule has 0 bridgehead atoms. The van der Waals surface area contributed by atoms with Crippen LogP contribution < -0.4 is 5.32 Å². The van der Waals surface area contributed by atoms with Crippen LogP contribution in [0, 0.1) is 6.92 Å². The molecule has 108 valence electrons. The summed E-state index contributed by atoms with van der Waals surface area (Å²) in [5, 5.41) is 5.91. The summed E-state index contributed by atoms with van der Waals surface area (Å²) in [6.07, 6.45) is 1.93. The van der Waals surface area contributed by atoms with Gasteiger partial charge in [0.2, 0.25) is 5.91 Å². The maximum atomic E-state index is 12.3. The van der Waals surface area contributed by atoms with Gasteiger partial charge in [0, 0.05) is 35.8 Å². The molecular formula is C13H17N3O2S2.